The number of ether oxygens (including phenoxy) is 2. The van der Waals surface area contributed by atoms with Crippen molar-refractivity contribution in [2.45, 2.75) is 13.3 Å². The van der Waals surface area contributed by atoms with E-state index in [9.17, 15) is 4.79 Å². The number of fused-ring (bicyclic) bond motifs is 1. The van der Waals surface area contributed by atoms with Crippen molar-refractivity contribution in [3.05, 3.63) is 71.5 Å². The molecule has 4 nitrogen and oxygen atoms in total. The average molecular weight is 321 g/mol. The summed E-state index contributed by atoms with van der Waals surface area (Å²) in [5, 5.41) is 1.92. The zero-order chi connectivity index (χ0) is 16.9. The largest absolute Gasteiger partial charge is 0.497 e. The molecule has 1 heterocycles. The molecule has 3 aromatic rings. The van der Waals surface area contributed by atoms with Gasteiger partial charge in [-0.05, 0) is 36.1 Å². The van der Waals surface area contributed by atoms with Gasteiger partial charge in [-0.2, -0.15) is 0 Å². The smallest absolute Gasteiger partial charge is 0.356 e. The zero-order valence-corrected chi connectivity index (χ0v) is 13.8. The molecule has 0 aliphatic heterocycles. The van der Waals surface area contributed by atoms with Crippen molar-refractivity contribution < 1.29 is 14.3 Å². The summed E-state index contributed by atoms with van der Waals surface area (Å²) in [5.41, 5.74) is 2.30. The van der Waals surface area contributed by atoms with Crippen LogP contribution in [0, 0.1) is 0 Å². The number of benzene rings is 2. The lowest BCUT2D eigenvalue weighted by Crippen LogP contribution is -2.09. The average Bonchev–Trinajstić information content (AvgIpc) is 2.62. The van der Waals surface area contributed by atoms with Crippen LogP contribution < -0.4 is 4.74 Å². The topological polar surface area (TPSA) is 48.4 Å². The zero-order valence-electron chi connectivity index (χ0n) is 13.8. The molecule has 4 heteroatoms. The van der Waals surface area contributed by atoms with Crippen LogP contribution in [0.3, 0.4) is 0 Å². The van der Waals surface area contributed by atoms with Crippen molar-refractivity contribution in [1.29, 1.82) is 0 Å². The van der Waals surface area contributed by atoms with E-state index in [-0.39, 0.29) is 0 Å². The number of carbonyl (C=O) groups is 1. The van der Waals surface area contributed by atoms with E-state index in [1.807, 2.05) is 48.5 Å². The lowest BCUT2D eigenvalue weighted by atomic mass is 10.0. The molecule has 0 saturated carbocycles. The van der Waals surface area contributed by atoms with E-state index in [1.165, 1.54) is 0 Å². The fraction of sp³-hybridized carbons (Fsp3) is 0.200. The molecule has 1 aromatic heterocycles. The van der Waals surface area contributed by atoms with Gasteiger partial charge in [0.1, 0.15) is 11.4 Å². The van der Waals surface area contributed by atoms with E-state index in [0.717, 1.165) is 27.8 Å². The minimum Gasteiger partial charge on any atom is -0.497 e. The Hall–Kier alpha value is -2.88. The van der Waals surface area contributed by atoms with Crippen LogP contribution in [-0.2, 0) is 11.2 Å². The Morgan fingerprint density at radius 1 is 1.08 bits per heavy atom. The number of nitrogens with zero attached hydrogens (tertiary/aromatic N) is 1. The van der Waals surface area contributed by atoms with Crippen LogP contribution in [0.1, 0.15) is 28.7 Å². The van der Waals surface area contributed by atoms with Crippen molar-refractivity contribution in [1.82, 2.24) is 4.98 Å². The molecule has 0 radical (unpaired) electrons. The van der Waals surface area contributed by atoms with Gasteiger partial charge in [-0.1, -0.05) is 36.4 Å². The Morgan fingerprint density at radius 2 is 1.88 bits per heavy atom. The highest BCUT2D eigenvalue weighted by Gasteiger charge is 2.14. The summed E-state index contributed by atoms with van der Waals surface area (Å²) in [6, 6.07) is 17.6. The number of carbonyl (C=O) groups excluding carboxylic acids is 1. The van der Waals surface area contributed by atoms with Crippen molar-refractivity contribution in [2.75, 3.05) is 13.7 Å². The minimum atomic E-state index is -0.399. The van der Waals surface area contributed by atoms with Gasteiger partial charge in [-0.3, -0.25) is 0 Å². The second-order valence-electron chi connectivity index (χ2n) is 5.42. The molecule has 0 bridgehead atoms. The first-order chi connectivity index (χ1) is 11.7. The summed E-state index contributed by atoms with van der Waals surface area (Å²) in [4.78, 5) is 16.7. The first-order valence-electron chi connectivity index (χ1n) is 7.90. The van der Waals surface area contributed by atoms with Crippen LogP contribution in [0.5, 0.6) is 5.75 Å². The second-order valence-corrected chi connectivity index (χ2v) is 5.42. The molecule has 0 aliphatic rings. The summed E-state index contributed by atoms with van der Waals surface area (Å²) in [7, 11) is 1.64. The molecule has 0 spiro atoms. The maximum absolute atomic E-state index is 12.1. The molecule has 0 saturated heterocycles. The van der Waals surface area contributed by atoms with E-state index in [4.69, 9.17) is 9.47 Å². The highest BCUT2D eigenvalue weighted by atomic mass is 16.5. The molecule has 122 valence electrons. The number of rotatable bonds is 5. The lowest BCUT2D eigenvalue weighted by molar-refractivity contribution is 0.0519. The number of aromatic nitrogens is 1. The van der Waals surface area contributed by atoms with Gasteiger partial charge < -0.3 is 9.47 Å². The molecule has 2 aromatic carbocycles. The predicted molar refractivity (Wildman–Crippen MR) is 93.5 cm³/mol. The summed E-state index contributed by atoms with van der Waals surface area (Å²) in [6.07, 6.45) is 0.637. The molecule has 0 aliphatic carbocycles. The molecular weight excluding hydrogens is 302 g/mol. The standard InChI is InChI=1S/C20H19NO3/c1-3-24-20(22)19-12-15-9-10-16(23-2)13-17(15)18(21-19)11-14-7-5-4-6-8-14/h4-10,12-13H,3,11H2,1-2H3. The minimum absolute atomic E-state index is 0.329. The third kappa shape index (κ3) is 3.38. The number of esters is 1. The Morgan fingerprint density at radius 3 is 2.58 bits per heavy atom. The van der Waals surface area contributed by atoms with Crippen LogP contribution in [0.25, 0.3) is 10.8 Å². The van der Waals surface area contributed by atoms with Gasteiger partial charge in [0.2, 0.25) is 0 Å². The van der Waals surface area contributed by atoms with E-state index >= 15 is 0 Å². The summed E-state index contributed by atoms with van der Waals surface area (Å²) in [5.74, 6) is 0.368. The third-order valence-electron chi connectivity index (χ3n) is 3.82. The number of hydrogen-bond donors (Lipinski definition) is 0. The van der Waals surface area contributed by atoms with Gasteiger partial charge in [0.25, 0.3) is 0 Å². The van der Waals surface area contributed by atoms with E-state index in [1.54, 1.807) is 20.1 Å². The van der Waals surface area contributed by atoms with E-state index in [2.05, 4.69) is 4.98 Å². The predicted octanol–water partition coefficient (Wildman–Crippen LogP) is 4.01. The molecule has 24 heavy (non-hydrogen) atoms. The van der Waals surface area contributed by atoms with Crippen molar-refractivity contribution in [2.24, 2.45) is 0 Å². The number of methoxy groups -OCH3 is 1. The molecule has 0 fully saturated rings. The lowest BCUT2D eigenvalue weighted by Gasteiger charge is -2.11. The maximum atomic E-state index is 12.1. The van der Waals surface area contributed by atoms with Crippen molar-refractivity contribution in [3.63, 3.8) is 0 Å². The highest BCUT2D eigenvalue weighted by Crippen LogP contribution is 2.26. The molecule has 0 atom stereocenters. The summed E-state index contributed by atoms with van der Waals surface area (Å²) in [6.45, 7) is 2.11. The quantitative estimate of drug-likeness (QED) is 0.666. The Bertz CT molecular complexity index is 859. The van der Waals surface area contributed by atoms with Crippen LogP contribution >= 0.6 is 0 Å². The Balaban J connectivity index is 2.12. The molecular formula is C20H19NO3. The Labute approximate surface area is 141 Å². The number of hydrogen-bond acceptors (Lipinski definition) is 4. The van der Waals surface area contributed by atoms with Gasteiger partial charge in [-0.15, -0.1) is 0 Å². The third-order valence-corrected chi connectivity index (χ3v) is 3.82. The second kappa shape index (κ2) is 7.13. The van der Waals surface area contributed by atoms with E-state index in [0.29, 0.717) is 18.7 Å². The number of pyridine rings is 1. The van der Waals surface area contributed by atoms with E-state index < -0.39 is 5.97 Å². The van der Waals surface area contributed by atoms with Gasteiger partial charge in [-0.25, -0.2) is 9.78 Å². The first-order valence-corrected chi connectivity index (χ1v) is 7.90. The fourth-order valence-electron chi connectivity index (χ4n) is 2.66. The monoisotopic (exact) mass is 321 g/mol. The van der Waals surface area contributed by atoms with Gasteiger partial charge in [0.05, 0.1) is 19.4 Å². The van der Waals surface area contributed by atoms with Crippen LogP contribution in [0.2, 0.25) is 0 Å². The fourth-order valence-corrected chi connectivity index (χ4v) is 2.66. The first kappa shape index (κ1) is 16.0. The normalized spacial score (nSPS) is 10.6. The van der Waals surface area contributed by atoms with Crippen molar-refractivity contribution >= 4 is 16.7 Å². The van der Waals surface area contributed by atoms with Crippen LogP contribution in [-0.4, -0.2) is 24.7 Å². The molecule has 0 unspecified atom stereocenters. The Kier molecular flexibility index (Phi) is 4.75. The molecule has 3 rings (SSSR count). The van der Waals surface area contributed by atoms with Gasteiger partial charge in [0.15, 0.2) is 0 Å². The summed E-state index contributed by atoms with van der Waals surface area (Å²) >= 11 is 0. The van der Waals surface area contributed by atoms with Gasteiger partial charge in [0, 0.05) is 11.8 Å². The highest BCUT2D eigenvalue weighted by molar-refractivity contribution is 5.95. The van der Waals surface area contributed by atoms with Crippen molar-refractivity contribution in [3.8, 4) is 5.75 Å². The van der Waals surface area contributed by atoms with Crippen LogP contribution in [0.15, 0.2) is 54.6 Å². The maximum Gasteiger partial charge on any atom is 0.356 e. The van der Waals surface area contributed by atoms with Gasteiger partial charge >= 0.3 is 5.97 Å². The van der Waals surface area contributed by atoms with Crippen LogP contribution in [0.4, 0.5) is 0 Å². The molecule has 0 N–H and O–H groups in total. The summed E-state index contributed by atoms with van der Waals surface area (Å²) < 4.78 is 10.4. The molecule has 0 amide bonds. The SMILES string of the molecule is CCOC(=O)c1cc2ccc(OC)cc2c(Cc2ccccc2)n1.